The first-order chi connectivity index (χ1) is 15.8. The van der Waals surface area contributed by atoms with Gasteiger partial charge < -0.3 is 19.9 Å². The SMILES string of the molecule is Cc1cc(C#N)cc(OCOCC[Si](C)(C)C)c1-c1cnc(OCc2ccccc2)c(N)n1. The standard InChI is InChI=1S/C25H30N4O3Si/c1-18-12-20(14-26)13-22(32-17-30-10-11-33(2,3)4)23(18)21-15-28-25(24(27)29-21)31-16-19-8-6-5-7-9-19/h5-9,12-13,15H,10-11,16-17H2,1-4H3,(H2,27,29). The Hall–Kier alpha value is -3.41. The summed E-state index contributed by atoms with van der Waals surface area (Å²) in [6, 6.07) is 16.4. The van der Waals surface area contributed by atoms with Crippen molar-refractivity contribution >= 4 is 13.9 Å². The van der Waals surface area contributed by atoms with E-state index in [-0.39, 0.29) is 18.5 Å². The molecule has 0 bridgehead atoms. The molecule has 2 N–H and O–H groups in total. The number of anilines is 1. The highest BCUT2D eigenvalue weighted by Crippen LogP contribution is 2.34. The third kappa shape index (κ3) is 7.04. The number of nitriles is 1. The van der Waals surface area contributed by atoms with E-state index in [9.17, 15) is 5.26 Å². The van der Waals surface area contributed by atoms with Gasteiger partial charge in [0.25, 0.3) is 5.88 Å². The molecule has 1 heterocycles. The average Bonchev–Trinajstić information content (AvgIpc) is 2.77. The second kappa shape index (κ2) is 10.9. The number of aryl methyl sites for hydroxylation is 1. The molecule has 0 atom stereocenters. The Balaban J connectivity index is 1.78. The minimum Gasteiger partial charge on any atom is -0.470 e. The van der Waals surface area contributed by atoms with Gasteiger partial charge in [0.2, 0.25) is 0 Å². The zero-order valence-corrected chi connectivity index (χ0v) is 20.6. The van der Waals surface area contributed by atoms with E-state index >= 15 is 0 Å². The van der Waals surface area contributed by atoms with Crippen LogP contribution < -0.4 is 15.2 Å². The van der Waals surface area contributed by atoms with Crippen molar-refractivity contribution in [2.45, 2.75) is 39.2 Å². The van der Waals surface area contributed by atoms with Crippen LogP contribution in [-0.4, -0.2) is 31.4 Å². The van der Waals surface area contributed by atoms with Crippen molar-refractivity contribution in [1.29, 1.82) is 5.26 Å². The molecule has 0 unspecified atom stereocenters. The number of nitrogen functional groups attached to an aromatic ring is 1. The fourth-order valence-corrected chi connectivity index (χ4v) is 3.91. The zero-order chi connectivity index (χ0) is 23.8. The molecule has 3 aromatic rings. The molecule has 0 aliphatic heterocycles. The number of benzene rings is 2. The van der Waals surface area contributed by atoms with Gasteiger partial charge in [-0.25, -0.2) is 9.97 Å². The summed E-state index contributed by atoms with van der Waals surface area (Å²) in [6.45, 7) is 9.86. The smallest absolute Gasteiger partial charge is 0.257 e. The van der Waals surface area contributed by atoms with Crippen molar-refractivity contribution in [3.63, 3.8) is 0 Å². The molecule has 1 aromatic heterocycles. The Morgan fingerprint density at radius 3 is 2.52 bits per heavy atom. The van der Waals surface area contributed by atoms with Crippen molar-refractivity contribution in [1.82, 2.24) is 9.97 Å². The second-order valence-corrected chi connectivity index (χ2v) is 14.6. The highest BCUT2D eigenvalue weighted by molar-refractivity contribution is 6.76. The molecular formula is C25H30N4O3Si. The molecule has 0 amide bonds. The Labute approximate surface area is 196 Å². The maximum atomic E-state index is 9.38. The monoisotopic (exact) mass is 462 g/mol. The van der Waals surface area contributed by atoms with Gasteiger partial charge in [0.1, 0.15) is 12.4 Å². The molecule has 33 heavy (non-hydrogen) atoms. The van der Waals surface area contributed by atoms with Gasteiger partial charge in [0.15, 0.2) is 12.6 Å². The van der Waals surface area contributed by atoms with Crippen molar-refractivity contribution in [2.24, 2.45) is 0 Å². The van der Waals surface area contributed by atoms with Gasteiger partial charge in [-0.1, -0.05) is 50.0 Å². The largest absolute Gasteiger partial charge is 0.470 e. The lowest BCUT2D eigenvalue weighted by Gasteiger charge is -2.17. The molecular weight excluding hydrogens is 432 g/mol. The Morgan fingerprint density at radius 2 is 1.85 bits per heavy atom. The lowest BCUT2D eigenvalue weighted by atomic mass is 10.0. The van der Waals surface area contributed by atoms with E-state index < -0.39 is 8.07 Å². The molecule has 3 rings (SSSR count). The fraction of sp³-hybridized carbons (Fsp3) is 0.320. The summed E-state index contributed by atoms with van der Waals surface area (Å²) in [5.74, 6) is 0.960. The van der Waals surface area contributed by atoms with Crippen molar-refractivity contribution in [3.05, 3.63) is 65.4 Å². The molecule has 7 nitrogen and oxygen atoms in total. The lowest BCUT2D eigenvalue weighted by molar-refractivity contribution is 0.0223. The van der Waals surface area contributed by atoms with E-state index in [0.29, 0.717) is 30.2 Å². The van der Waals surface area contributed by atoms with E-state index in [0.717, 1.165) is 22.7 Å². The Morgan fingerprint density at radius 1 is 1.09 bits per heavy atom. The first-order valence-corrected chi connectivity index (χ1v) is 14.5. The molecule has 0 saturated carbocycles. The predicted octanol–water partition coefficient (Wildman–Crippen LogP) is 5.18. The summed E-state index contributed by atoms with van der Waals surface area (Å²) in [4.78, 5) is 8.88. The maximum Gasteiger partial charge on any atom is 0.257 e. The number of nitrogens with zero attached hydrogens (tertiary/aromatic N) is 3. The molecule has 2 aromatic carbocycles. The van der Waals surface area contributed by atoms with Crippen LogP contribution in [0.3, 0.4) is 0 Å². The molecule has 0 fully saturated rings. The van der Waals surface area contributed by atoms with Gasteiger partial charge >= 0.3 is 0 Å². The minimum absolute atomic E-state index is 0.0903. The first-order valence-electron chi connectivity index (χ1n) is 10.8. The van der Waals surface area contributed by atoms with E-state index in [1.54, 1.807) is 18.3 Å². The number of hydrogen-bond donors (Lipinski definition) is 1. The van der Waals surface area contributed by atoms with E-state index in [2.05, 4.69) is 35.7 Å². The number of hydrogen-bond acceptors (Lipinski definition) is 7. The fourth-order valence-electron chi connectivity index (χ4n) is 3.15. The van der Waals surface area contributed by atoms with Gasteiger partial charge in [-0.05, 0) is 36.2 Å². The van der Waals surface area contributed by atoms with Crippen LogP contribution >= 0.6 is 0 Å². The molecule has 0 radical (unpaired) electrons. The zero-order valence-electron chi connectivity index (χ0n) is 19.6. The van der Waals surface area contributed by atoms with E-state index in [1.165, 1.54) is 0 Å². The lowest BCUT2D eigenvalue weighted by Crippen LogP contribution is -2.22. The van der Waals surface area contributed by atoms with Crippen LogP contribution in [0.1, 0.15) is 16.7 Å². The van der Waals surface area contributed by atoms with Gasteiger partial charge in [-0.2, -0.15) is 5.26 Å². The van der Waals surface area contributed by atoms with Crippen molar-refractivity contribution in [3.8, 4) is 29.0 Å². The van der Waals surface area contributed by atoms with Crippen LogP contribution in [0.5, 0.6) is 11.6 Å². The van der Waals surface area contributed by atoms with Crippen molar-refractivity contribution in [2.75, 3.05) is 19.1 Å². The second-order valence-electron chi connectivity index (χ2n) is 8.98. The topological polar surface area (TPSA) is 103 Å². The van der Waals surface area contributed by atoms with Crippen molar-refractivity contribution < 1.29 is 14.2 Å². The normalized spacial score (nSPS) is 11.1. The maximum absolute atomic E-state index is 9.38. The van der Waals surface area contributed by atoms with Crippen LogP contribution in [0.2, 0.25) is 25.7 Å². The van der Waals surface area contributed by atoms with Crippen LogP contribution in [0.4, 0.5) is 5.82 Å². The third-order valence-electron chi connectivity index (χ3n) is 4.96. The number of nitrogens with two attached hydrogens (primary N) is 1. The van der Waals surface area contributed by atoms with Crippen LogP contribution in [0, 0.1) is 18.3 Å². The number of aromatic nitrogens is 2. The Bertz CT molecular complexity index is 1120. The minimum atomic E-state index is -1.18. The molecule has 0 aliphatic rings. The molecule has 0 aliphatic carbocycles. The Kier molecular flexibility index (Phi) is 8.04. The van der Waals surface area contributed by atoms with Gasteiger partial charge in [-0.3, -0.25) is 0 Å². The summed E-state index contributed by atoms with van der Waals surface area (Å²) >= 11 is 0. The summed E-state index contributed by atoms with van der Waals surface area (Å²) in [5.41, 5.74) is 9.74. The summed E-state index contributed by atoms with van der Waals surface area (Å²) < 4.78 is 17.3. The predicted molar refractivity (Wildman–Crippen MR) is 132 cm³/mol. The highest BCUT2D eigenvalue weighted by atomic mass is 28.3. The van der Waals surface area contributed by atoms with Gasteiger partial charge in [0, 0.05) is 20.2 Å². The third-order valence-corrected chi connectivity index (χ3v) is 6.67. The average molecular weight is 463 g/mol. The van der Waals surface area contributed by atoms with Crippen LogP contribution in [0.15, 0.2) is 48.7 Å². The molecule has 0 spiro atoms. The highest BCUT2D eigenvalue weighted by Gasteiger charge is 2.17. The van der Waals surface area contributed by atoms with Crippen LogP contribution in [-0.2, 0) is 11.3 Å². The molecule has 0 saturated heterocycles. The molecule has 8 heteroatoms. The summed E-state index contributed by atoms with van der Waals surface area (Å²) in [5, 5.41) is 9.38. The number of rotatable bonds is 10. The summed E-state index contributed by atoms with van der Waals surface area (Å²) in [7, 11) is -1.18. The quantitative estimate of drug-likeness (QED) is 0.252. The summed E-state index contributed by atoms with van der Waals surface area (Å²) in [6.07, 6.45) is 1.60. The first kappa shape index (κ1) is 24.2. The van der Waals surface area contributed by atoms with E-state index in [1.807, 2.05) is 37.3 Å². The van der Waals surface area contributed by atoms with Crippen LogP contribution in [0.25, 0.3) is 11.3 Å². The molecule has 172 valence electrons. The van der Waals surface area contributed by atoms with Gasteiger partial charge in [-0.15, -0.1) is 0 Å². The van der Waals surface area contributed by atoms with Gasteiger partial charge in [0.05, 0.1) is 23.5 Å². The van der Waals surface area contributed by atoms with E-state index in [4.69, 9.17) is 19.9 Å². The number of ether oxygens (including phenoxy) is 3.